The largest absolute Gasteiger partial charge is 0.504 e. The van der Waals surface area contributed by atoms with Gasteiger partial charge in [-0.05, 0) is 25.1 Å². The molecule has 5 nitrogen and oxygen atoms in total. The molecule has 3 rings (SSSR count). The van der Waals surface area contributed by atoms with Gasteiger partial charge in [-0.15, -0.1) is 0 Å². The second-order valence-corrected chi connectivity index (χ2v) is 5.13. The molecule has 0 aliphatic carbocycles. The highest BCUT2D eigenvalue weighted by molar-refractivity contribution is 6.02. The Morgan fingerprint density at radius 1 is 1.23 bits per heavy atom. The van der Waals surface area contributed by atoms with Crippen LogP contribution in [0.3, 0.4) is 0 Å². The van der Waals surface area contributed by atoms with Crippen molar-refractivity contribution in [2.45, 2.75) is 13.1 Å². The molecule has 0 fully saturated rings. The molecule has 2 N–H and O–H groups in total. The van der Waals surface area contributed by atoms with Crippen molar-refractivity contribution in [1.29, 1.82) is 0 Å². The van der Waals surface area contributed by atoms with E-state index in [1.807, 2.05) is 37.1 Å². The second kappa shape index (κ2) is 5.60. The van der Waals surface area contributed by atoms with Gasteiger partial charge in [-0.2, -0.15) is 0 Å². The molecule has 0 radical (unpaired) electrons. The van der Waals surface area contributed by atoms with Crippen molar-refractivity contribution >= 4 is 11.6 Å². The Kier molecular flexibility index (Phi) is 3.63. The van der Waals surface area contributed by atoms with Crippen LogP contribution in [0.25, 0.3) is 0 Å². The maximum absolute atomic E-state index is 12.3. The Labute approximate surface area is 129 Å². The summed E-state index contributed by atoms with van der Waals surface area (Å²) < 4.78 is 5.42. The number of hydrogen-bond donors (Lipinski definition) is 2. The van der Waals surface area contributed by atoms with Crippen LogP contribution in [0.5, 0.6) is 11.5 Å². The molecule has 0 aromatic heterocycles. The summed E-state index contributed by atoms with van der Waals surface area (Å²) in [5.74, 6) is 0.322. The SMILES string of the molecule is CCOc1cccc(C2NC(=O)c3ccccc3N2C)c1O. The first-order chi connectivity index (χ1) is 10.6. The molecule has 22 heavy (non-hydrogen) atoms. The quantitative estimate of drug-likeness (QED) is 0.914. The number of rotatable bonds is 3. The van der Waals surface area contributed by atoms with Gasteiger partial charge < -0.3 is 20.1 Å². The maximum Gasteiger partial charge on any atom is 0.255 e. The lowest BCUT2D eigenvalue weighted by Gasteiger charge is -2.36. The van der Waals surface area contributed by atoms with Gasteiger partial charge in [-0.1, -0.05) is 24.3 Å². The molecule has 0 bridgehead atoms. The van der Waals surface area contributed by atoms with Crippen LogP contribution >= 0.6 is 0 Å². The Balaban J connectivity index is 2.04. The van der Waals surface area contributed by atoms with E-state index in [-0.39, 0.29) is 11.7 Å². The molecule has 5 heteroatoms. The highest BCUT2D eigenvalue weighted by Gasteiger charge is 2.31. The van der Waals surface area contributed by atoms with Crippen LogP contribution < -0.4 is 15.0 Å². The molecule has 1 unspecified atom stereocenters. The van der Waals surface area contributed by atoms with Crippen molar-refractivity contribution in [2.75, 3.05) is 18.6 Å². The number of para-hydroxylation sites is 2. The van der Waals surface area contributed by atoms with Gasteiger partial charge in [-0.25, -0.2) is 0 Å². The molecule has 0 saturated carbocycles. The minimum absolute atomic E-state index is 0.0564. The first-order valence-corrected chi connectivity index (χ1v) is 7.21. The highest BCUT2D eigenvalue weighted by Crippen LogP contribution is 2.38. The predicted octanol–water partition coefficient (Wildman–Crippen LogP) is 2.67. The van der Waals surface area contributed by atoms with Crippen LogP contribution in [-0.2, 0) is 0 Å². The van der Waals surface area contributed by atoms with Crippen molar-refractivity contribution in [2.24, 2.45) is 0 Å². The summed E-state index contributed by atoms with van der Waals surface area (Å²) in [5, 5.41) is 13.3. The number of nitrogens with zero attached hydrogens (tertiary/aromatic N) is 1. The van der Waals surface area contributed by atoms with E-state index in [4.69, 9.17) is 4.74 Å². The van der Waals surface area contributed by atoms with E-state index >= 15 is 0 Å². The van der Waals surface area contributed by atoms with E-state index in [1.165, 1.54) is 0 Å². The molecule has 2 aromatic rings. The van der Waals surface area contributed by atoms with Gasteiger partial charge >= 0.3 is 0 Å². The molecule has 1 amide bonds. The molecular weight excluding hydrogens is 280 g/mol. The van der Waals surface area contributed by atoms with Crippen molar-refractivity contribution in [1.82, 2.24) is 5.32 Å². The number of anilines is 1. The maximum atomic E-state index is 12.3. The number of carbonyl (C=O) groups is 1. The number of hydrogen-bond acceptors (Lipinski definition) is 4. The minimum atomic E-state index is -0.442. The summed E-state index contributed by atoms with van der Waals surface area (Å²) >= 11 is 0. The summed E-state index contributed by atoms with van der Waals surface area (Å²) in [4.78, 5) is 14.2. The first-order valence-electron chi connectivity index (χ1n) is 7.21. The van der Waals surface area contributed by atoms with Gasteiger partial charge in [0.1, 0.15) is 6.17 Å². The van der Waals surface area contributed by atoms with Gasteiger partial charge in [0, 0.05) is 12.6 Å². The number of nitrogens with one attached hydrogen (secondary N) is 1. The zero-order chi connectivity index (χ0) is 15.7. The number of benzene rings is 2. The van der Waals surface area contributed by atoms with E-state index in [2.05, 4.69) is 5.32 Å². The number of carbonyl (C=O) groups excluding carboxylic acids is 1. The fourth-order valence-electron chi connectivity index (χ4n) is 2.73. The van der Waals surface area contributed by atoms with Crippen LogP contribution in [0, 0.1) is 0 Å². The summed E-state index contributed by atoms with van der Waals surface area (Å²) in [7, 11) is 1.88. The number of fused-ring (bicyclic) bond motifs is 1. The smallest absolute Gasteiger partial charge is 0.255 e. The van der Waals surface area contributed by atoms with Crippen LogP contribution in [-0.4, -0.2) is 24.7 Å². The van der Waals surface area contributed by atoms with Gasteiger partial charge in [0.15, 0.2) is 11.5 Å². The van der Waals surface area contributed by atoms with Gasteiger partial charge in [0.2, 0.25) is 0 Å². The molecule has 0 saturated heterocycles. The summed E-state index contributed by atoms with van der Waals surface area (Å²) in [5.41, 5.74) is 2.07. The second-order valence-electron chi connectivity index (χ2n) is 5.13. The molecule has 1 aliphatic heterocycles. The molecule has 114 valence electrons. The van der Waals surface area contributed by atoms with E-state index in [0.717, 1.165) is 5.69 Å². The van der Waals surface area contributed by atoms with E-state index in [1.54, 1.807) is 24.3 Å². The first kappa shape index (κ1) is 14.3. The fourth-order valence-corrected chi connectivity index (χ4v) is 2.73. The Bertz CT molecular complexity index is 715. The van der Waals surface area contributed by atoms with Gasteiger partial charge in [-0.3, -0.25) is 4.79 Å². The molecule has 2 aromatic carbocycles. The lowest BCUT2D eigenvalue weighted by molar-refractivity contribution is 0.0927. The van der Waals surface area contributed by atoms with E-state index in [9.17, 15) is 9.90 Å². The van der Waals surface area contributed by atoms with Crippen molar-refractivity contribution in [3.63, 3.8) is 0 Å². The monoisotopic (exact) mass is 298 g/mol. The molecular formula is C17H18N2O3. The Morgan fingerprint density at radius 2 is 2.00 bits per heavy atom. The third kappa shape index (κ3) is 2.24. The average molecular weight is 298 g/mol. The topological polar surface area (TPSA) is 61.8 Å². The van der Waals surface area contributed by atoms with Crippen molar-refractivity contribution < 1.29 is 14.6 Å². The lowest BCUT2D eigenvalue weighted by atomic mass is 10.0. The number of phenols is 1. The normalized spacial score (nSPS) is 16.9. The standard InChI is InChI=1S/C17H18N2O3/c1-3-22-14-10-6-8-12(15(14)20)16-18-17(21)11-7-4-5-9-13(11)19(16)2/h4-10,16,20H,3H2,1-2H3,(H,18,21). The van der Waals surface area contributed by atoms with E-state index in [0.29, 0.717) is 23.5 Å². The van der Waals surface area contributed by atoms with Crippen molar-refractivity contribution in [3.05, 3.63) is 53.6 Å². The van der Waals surface area contributed by atoms with Crippen LogP contribution in [0.15, 0.2) is 42.5 Å². The third-order valence-corrected chi connectivity index (χ3v) is 3.81. The van der Waals surface area contributed by atoms with Gasteiger partial charge in [0.05, 0.1) is 17.9 Å². The third-order valence-electron chi connectivity index (χ3n) is 3.81. The molecule has 1 heterocycles. The van der Waals surface area contributed by atoms with Crippen LogP contribution in [0.2, 0.25) is 0 Å². The number of ether oxygens (including phenoxy) is 1. The molecule has 1 atom stereocenters. The summed E-state index contributed by atoms with van der Waals surface area (Å²) in [6, 6.07) is 12.7. The number of phenolic OH excluding ortho intramolecular Hbond substituents is 1. The van der Waals surface area contributed by atoms with Crippen LogP contribution in [0.1, 0.15) is 29.0 Å². The molecule has 0 spiro atoms. The lowest BCUT2D eigenvalue weighted by Crippen LogP contribution is -2.44. The summed E-state index contributed by atoms with van der Waals surface area (Å²) in [6.45, 7) is 2.32. The minimum Gasteiger partial charge on any atom is -0.504 e. The van der Waals surface area contributed by atoms with Crippen molar-refractivity contribution in [3.8, 4) is 11.5 Å². The zero-order valence-corrected chi connectivity index (χ0v) is 12.5. The Hall–Kier alpha value is -2.69. The Morgan fingerprint density at radius 3 is 2.77 bits per heavy atom. The molecule has 1 aliphatic rings. The number of aromatic hydroxyl groups is 1. The number of amides is 1. The summed E-state index contributed by atoms with van der Waals surface area (Å²) in [6.07, 6.45) is -0.442. The van der Waals surface area contributed by atoms with E-state index < -0.39 is 6.17 Å². The highest BCUT2D eigenvalue weighted by atomic mass is 16.5. The van der Waals surface area contributed by atoms with Crippen LogP contribution in [0.4, 0.5) is 5.69 Å². The zero-order valence-electron chi connectivity index (χ0n) is 12.5. The van der Waals surface area contributed by atoms with Gasteiger partial charge in [0.25, 0.3) is 5.91 Å². The predicted molar refractivity (Wildman–Crippen MR) is 84.3 cm³/mol. The average Bonchev–Trinajstić information content (AvgIpc) is 2.53. The fraction of sp³-hybridized carbons (Fsp3) is 0.235.